The van der Waals surface area contributed by atoms with Crippen LogP contribution < -0.4 is 5.73 Å². The fourth-order valence-corrected chi connectivity index (χ4v) is 1.42. The van der Waals surface area contributed by atoms with E-state index < -0.39 is 15.0 Å². The topological polar surface area (TPSA) is 69.2 Å². The number of nitrogens with zero attached hydrogens (tertiary/aromatic N) is 1. The van der Waals surface area contributed by atoms with Crippen molar-refractivity contribution in [3.8, 4) is 11.2 Å². The largest absolute Gasteiger partial charge is 0.393 e. The lowest BCUT2D eigenvalue weighted by atomic mass is 10.2. The van der Waals surface area contributed by atoms with E-state index in [1.165, 1.54) is 12.1 Å². The standard InChI is InChI=1S/C11H14N2O2S/c1-16(2,3)7-6-9-4-5-10(12)11(8-9)13(14)15/h4-5,8H,12H2,1-3H3. The number of nitrogen functional groups attached to an aromatic ring is 1. The average molecular weight is 238 g/mol. The first-order valence-corrected chi connectivity index (χ1v) is 7.40. The molecule has 5 heteroatoms. The van der Waals surface area contributed by atoms with Crippen LogP contribution in [0.3, 0.4) is 0 Å². The van der Waals surface area contributed by atoms with Crippen molar-refractivity contribution in [1.29, 1.82) is 0 Å². The summed E-state index contributed by atoms with van der Waals surface area (Å²) >= 11 is 0. The monoisotopic (exact) mass is 238 g/mol. The number of nitrogens with two attached hydrogens (primary N) is 1. The Morgan fingerprint density at radius 2 is 2.00 bits per heavy atom. The second kappa shape index (κ2) is 4.45. The van der Waals surface area contributed by atoms with E-state index in [2.05, 4.69) is 29.9 Å². The third kappa shape index (κ3) is 3.48. The van der Waals surface area contributed by atoms with Gasteiger partial charge in [0.15, 0.2) is 0 Å². The van der Waals surface area contributed by atoms with Gasteiger partial charge >= 0.3 is 0 Å². The summed E-state index contributed by atoms with van der Waals surface area (Å²) in [4.78, 5) is 10.2. The van der Waals surface area contributed by atoms with Crippen molar-refractivity contribution in [2.45, 2.75) is 0 Å². The van der Waals surface area contributed by atoms with Crippen molar-refractivity contribution in [3.05, 3.63) is 33.9 Å². The number of hydrogen-bond acceptors (Lipinski definition) is 3. The van der Waals surface area contributed by atoms with Crippen LogP contribution in [0.25, 0.3) is 0 Å². The van der Waals surface area contributed by atoms with Crippen molar-refractivity contribution in [3.63, 3.8) is 0 Å². The Kier molecular flexibility index (Phi) is 3.45. The third-order valence-electron chi connectivity index (χ3n) is 1.73. The fourth-order valence-electron chi connectivity index (χ4n) is 0.992. The molecule has 0 atom stereocenters. The Balaban J connectivity index is 3.13. The maximum Gasteiger partial charge on any atom is 0.293 e. The Morgan fingerprint density at radius 1 is 1.38 bits per heavy atom. The van der Waals surface area contributed by atoms with Crippen LogP contribution in [0, 0.1) is 21.3 Å². The predicted molar refractivity (Wildman–Crippen MR) is 69.7 cm³/mol. The minimum absolute atomic E-state index is 0.0873. The summed E-state index contributed by atoms with van der Waals surface area (Å²) in [7, 11) is -0.928. The second-order valence-electron chi connectivity index (χ2n) is 4.09. The molecule has 1 aromatic carbocycles. The predicted octanol–water partition coefficient (Wildman–Crippen LogP) is 2.18. The smallest absolute Gasteiger partial charge is 0.293 e. The first-order chi connectivity index (χ1) is 7.29. The molecule has 0 unspecified atom stereocenters. The lowest BCUT2D eigenvalue weighted by Gasteiger charge is -2.14. The number of rotatable bonds is 1. The fraction of sp³-hybridized carbons (Fsp3) is 0.273. The molecule has 86 valence electrons. The molecule has 0 spiro atoms. The van der Waals surface area contributed by atoms with Gasteiger partial charge in [-0.2, -0.15) is 10.0 Å². The Morgan fingerprint density at radius 3 is 2.50 bits per heavy atom. The van der Waals surface area contributed by atoms with Gasteiger partial charge in [0.1, 0.15) is 5.69 Å². The van der Waals surface area contributed by atoms with Gasteiger partial charge in [-0.05, 0) is 36.2 Å². The quantitative estimate of drug-likeness (QED) is 0.353. The van der Waals surface area contributed by atoms with Crippen LogP contribution in [-0.2, 0) is 0 Å². The molecular formula is C11H14N2O2S. The molecule has 1 aromatic rings. The van der Waals surface area contributed by atoms with Crippen molar-refractivity contribution in [1.82, 2.24) is 0 Å². The number of benzene rings is 1. The number of hydrogen-bond donors (Lipinski definition) is 1. The van der Waals surface area contributed by atoms with Crippen LogP contribution in [-0.4, -0.2) is 23.7 Å². The molecule has 16 heavy (non-hydrogen) atoms. The highest BCUT2D eigenvalue weighted by Crippen LogP contribution is 2.32. The van der Waals surface area contributed by atoms with Crippen molar-refractivity contribution < 1.29 is 4.92 Å². The summed E-state index contributed by atoms with van der Waals surface area (Å²) in [5.74, 6) is 2.93. The van der Waals surface area contributed by atoms with Gasteiger partial charge in [0.25, 0.3) is 5.69 Å². The van der Waals surface area contributed by atoms with Gasteiger partial charge < -0.3 is 5.73 Å². The summed E-state index contributed by atoms with van der Waals surface area (Å²) in [6.45, 7) is 0. The van der Waals surface area contributed by atoms with Gasteiger partial charge in [-0.25, -0.2) is 0 Å². The van der Waals surface area contributed by atoms with Crippen LogP contribution in [0.15, 0.2) is 18.2 Å². The Bertz CT molecular complexity index is 481. The van der Waals surface area contributed by atoms with Gasteiger partial charge in [-0.3, -0.25) is 10.1 Å². The van der Waals surface area contributed by atoms with E-state index in [0.29, 0.717) is 5.56 Å². The maximum absolute atomic E-state index is 10.7. The molecule has 0 aromatic heterocycles. The normalized spacial score (nSPS) is 11.4. The molecule has 0 aliphatic heterocycles. The van der Waals surface area contributed by atoms with Gasteiger partial charge in [-0.1, -0.05) is 5.92 Å². The van der Waals surface area contributed by atoms with Crippen LogP contribution in [0.2, 0.25) is 0 Å². The minimum Gasteiger partial charge on any atom is -0.393 e. The molecule has 4 nitrogen and oxygen atoms in total. The second-order valence-corrected chi connectivity index (χ2v) is 7.97. The molecular weight excluding hydrogens is 224 g/mol. The van der Waals surface area contributed by atoms with E-state index in [1.54, 1.807) is 6.07 Å². The molecule has 0 aliphatic carbocycles. The van der Waals surface area contributed by atoms with E-state index in [-0.39, 0.29) is 11.4 Å². The first kappa shape index (κ1) is 12.4. The molecule has 0 aliphatic rings. The zero-order valence-electron chi connectivity index (χ0n) is 9.48. The number of anilines is 1. The number of nitro benzene ring substituents is 1. The molecule has 0 heterocycles. The SMILES string of the molecule is CS(C)(C)C#Cc1ccc(N)c([N+](=O)[O-])c1. The van der Waals surface area contributed by atoms with Crippen LogP contribution >= 0.6 is 10.0 Å². The summed E-state index contributed by atoms with van der Waals surface area (Å²) < 4.78 is 0. The van der Waals surface area contributed by atoms with Crippen molar-refractivity contribution >= 4 is 21.4 Å². The van der Waals surface area contributed by atoms with Gasteiger partial charge in [0, 0.05) is 11.6 Å². The van der Waals surface area contributed by atoms with Gasteiger partial charge in [0.2, 0.25) is 0 Å². The van der Waals surface area contributed by atoms with Crippen LogP contribution in [0.1, 0.15) is 5.56 Å². The highest BCUT2D eigenvalue weighted by atomic mass is 32.3. The Labute approximate surface area is 96.3 Å². The highest BCUT2D eigenvalue weighted by molar-refractivity contribution is 8.35. The van der Waals surface area contributed by atoms with E-state index in [9.17, 15) is 10.1 Å². The molecule has 0 fully saturated rings. The van der Waals surface area contributed by atoms with Crippen molar-refractivity contribution in [2.24, 2.45) is 0 Å². The lowest BCUT2D eigenvalue weighted by Crippen LogP contribution is -1.95. The number of nitro groups is 1. The third-order valence-corrected chi connectivity index (χ3v) is 2.44. The molecule has 0 amide bonds. The van der Waals surface area contributed by atoms with E-state index in [0.717, 1.165) is 0 Å². The molecule has 0 radical (unpaired) electrons. The van der Waals surface area contributed by atoms with E-state index >= 15 is 0 Å². The Hall–Kier alpha value is -1.67. The van der Waals surface area contributed by atoms with Gasteiger partial charge in [-0.15, -0.1) is 0 Å². The first-order valence-electron chi connectivity index (χ1n) is 4.54. The van der Waals surface area contributed by atoms with Crippen molar-refractivity contribution in [2.75, 3.05) is 24.5 Å². The lowest BCUT2D eigenvalue weighted by molar-refractivity contribution is -0.383. The molecule has 0 saturated carbocycles. The molecule has 1 rings (SSSR count). The van der Waals surface area contributed by atoms with E-state index in [4.69, 9.17) is 5.73 Å². The minimum atomic E-state index is -0.928. The summed E-state index contributed by atoms with van der Waals surface area (Å²) in [5.41, 5.74) is 6.19. The summed E-state index contributed by atoms with van der Waals surface area (Å²) in [6.07, 6.45) is 6.18. The molecule has 2 N–H and O–H groups in total. The van der Waals surface area contributed by atoms with E-state index in [1.807, 2.05) is 0 Å². The highest BCUT2D eigenvalue weighted by Gasteiger charge is 2.10. The van der Waals surface area contributed by atoms with Gasteiger partial charge in [0.05, 0.1) is 4.92 Å². The zero-order chi connectivity index (χ0) is 12.3. The summed E-state index contributed by atoms with van der Waals surface area (Å²) in [5, 5.41) is 13.8. The zero-order valence-corrected chi connectivity index (χ0v) is 10.3. The molecule has 0 bridgehead atoms. The average Bonchev–Trinajstić information content (AvgIpc) is 2.14. The summed E-state index contributed by atoms with van der Waals surface area (Å²) in [6, 6.07) is 4.62. The maximum atomic E-state index is 10.7. The molecule has 0 saturated heterocycles. The van der Waals surface area contributed by atoms with Crippen LogP contribution in [0.4, 0.5) is 11.4 Å². The van der Waals surface area contributed by atoms with Crippen LogP contribution in [0.5, 0.6) is 0 Å².